The summed E-state index contributed by atoms with van der Waals surface area (Å²) in [4.78, 5) is 12.2. The number of nitrogens with one attached hydrogen (secondary N) is 2. The first kappa shape index (κ1) is 17.8. The van der Waals surface area contributed by atoms with Gasteiger partial charge in [0.2, 0.25) is 0 Å². The molecule has 5 heteroatoms. The molecule has 5 nitrogen and oxygen atoms in total. The summed E-state index contributed by atoms with van der Waals surface area (Å²) in [6.45, 7) is 7.89. The first-order valence-corrected chi connectivity index (χ1v) is 8.18. The van der Waals surface area contributed by atoms with Crippen molar-refractivity contribution in [2.75, 3.05) is 6.54 Å². The molecule has 1 saturated carbocycles. The Hall–Kier alpha value is -1.59. The van der Waals surface area contributed by atoms with Gasteiger partial charge < -0.3 is 20.5 Å². The van der Waals surface area contributed by atoms with Crippen molar-refractivity contribution < 1.29 is 14.6 Å². The SMILES string of the molecule is C[C@H](O)CNC1CC(NC(=O)OC(C)(C)C)(c2ccccc2)C1. The van der Waals surface area contributed by atoms with E-state index in [4.69, 9.17) is 4.74 Å². The van der Waals surface area contributed by atoms with Gasteiger partial charge in [0.1, 0.15) is 5.60 Å². The Labute approximate surface area is 138 Å². The predicted molar refractivity (Wildman–Crippen MR) is 90.2 cm³/mol. The lowest BCUT2D eigenvalue weighted by Crippen LogP contribution is -2.61. The highest BCUT2D eigenvalue weighted by atomic mass is 16.6. The molecular weight excluding hydrogens is 292 g/mol. The van der Waals surface area contributed by atoms with E-state index in [9.17, 15) is 9.90 Å². The van der Waals surface area contributed by atoms with Gasteiger partial charge in [-0.2, -0.15) is 0 Å². The van der Waals surface area contributed by atoms with Crippen LogP contribution >= 0.6 is 0 Å². The number of aliphatic hydroxyl groups is 1. The molecule has 1 aromatic rings. The molecule has 1 aliphatic carbocycles. The molecule has 1 atom stereocenters. The van der Waals surface area contributed by atoms with Crippen LogP contribution in [0.4, 0.5) is 4.79 Å². The Morgan fingerprint density at radius 1 is 1.35 bits per heavy atom. The van der Waals surface area contributed by atoms with Crippen LogP contribution in [0, 0.1) is 0 Å². The standard InChI is InChI=1S/C18H28N2O3/c1-13(21)12-19-15-10-18(11-15,14-8-6-5-7-9-14)20-16(22)23-17(2,3)4/h5-9,13,15,19,21H,10-12H2,1-4H3,(H,20,22)/t13-,15?,18?/m0/s1. The largest absolute Gasteiger partial charge is 0.444 e. The number of carbonyl (C=O) groups excluding carboxylic acids is 1. The van der Waals surface area contributed by atoms with Crippen molar-refractivity contribution >= 4 is 6.09 Å². The van der Waals surface area contributed by atoms with Gasteiger partial charge in [-0.05, 0) is 46.1 Å². The lowest BCUT2D eigenvalue weighted by atomic mass is 9.68. The van der Waals surface area contributed by atoms with Gasteiger partial charge in [0.05, 0.1) is 11.6 Å². The number of alkyl carbamates (subject to hydrolysis) is 1. The minimum Gasteiger partial charge on any atom is -0.444 e. The van der Waals surface area contributed by atoms with Crippen molar-refractivity contribution in [2.45, 2.75) is 63.8 Å². The molecule has 0 unspecified atom stereocenters. The minimum atomic E-state index is -0.518. The highest BCUT2D eigenvalue weighted by Gasteiger charge is 2.47. The molecule has 1 fully saturated rings. The average molecular weight is 320 g/mol. The van der Waals surface area contributed by atoms with Crippen LogP contribution in [0.25, 0.3) is 0 Å². The smallest absolute Gasteiger partial charge is 0.408 e. The molecular formula is C18H28N2O3. The van der Waals surface area contributed by atoms with Crippen molar-refractivity contribution in [3.8, 4) is 0 Å². The highest BCUT2D eigenvalue weighted by molar-refractivity contribution is 5.69. The lowest BCUT2D eigenvalue weighted by molar-refractivity contribution is 0.0315. The lowest BCUT2D eigenvalue weighted by Gasteiger charge is -2.49. The monoisotopic (exact) mass is 320 g/mol. The van der Waals surface area contributed by atoms with Crippen molar-refractivity contribution in [3.63, 3.8) is 0 Å². The highest BCUT2D eigenvalue weighted by Crippen LogP contribution is 2.41. The predicted octanol–water partition coefficient (Wildman–Crippen LogP) is 2.54. The van der Waals surface area contributed by atoms with Crippen LogP contribution in [0.3, 0.4) is 0 Å². The van der Waals surface area contributed by atoms with Crippen LogP contribution < -0.4 is 10.6 Å². The van der Waals surface area contributed by atoms with E-state index < -0.39 is 17.2 Å². The van der Waals surface area contributed by atoms with Crippen LogP contribution in [0.5, 0.6) is 0 Å². The summed E-state index contributed by atoms with van der Waals surface area (Å²) < 4.78 is 5.41. The zero-order chi connectivity index (χ0) is 17.1. The first-order valence-electron chi connectivity index (χ1n) is 8.18. The molecule has 0 aromatic heterocycles. The molecule has 2 rings (SSSR count). The van der Waals surface area contributed by atoms with Gasteiger partial charge in [-0.1, -0.05) is 30.3 Å². The molecule has 3 N–H and O–H groups in total. The third-order valence-corrected chi connectivity index (χ3v) is 3.96. The Bertz CT molecular complexity index is 517. The molecule has 128 valence electrons. The number of hydrogen-bond donors (Lipinski definition) is 3. The molecule has 23 heavy (non-hydrogen) atoms. The molecule has 0 aliphatic heterocycles. The van der Waals surface area contributed by atoms with E-state index in [1.807, 2.05) is 51.1 Å². The maximum atomic E-state index is 12.2. The van der Waals surface area contributed by atoms with E-state index in [0.717, 1.165) is 18.4 Å². The summed E-state index contributed by atoms with van der Waals surface area (Å²) in [5, 5.41) is 15.8. The van der Waals surface area contributed by atoms with Gasteiger partial charge >= 0.3 is 6.09 Å². The molecule has 0 saturated heterocycles. The summed E-state index contributed by atoms with van der Waals surface area (Å²) in [6.07, 6.45) is 0.794. The molecule has 1 aromatic carbocycles. The van der Waals surface area contributed by atoms with Crippen molar-refractivity contribution in [3.05, 3.63) is 35.9 Å². The van der Waals surface area contributed by atoms with Gasteiger partial charge in [0, 0.05) is 12.6 Å². The molecule has 0 bridgehead atoms. The molecule has 0 heterocycles. The van der Waals surface area contributed by atoms with Crippen LogP contribution in [0.1, 0.15) is 46.1 Å². The zero-order valence-electron chi connectivity index (χ0n) is 14.4. The fourth-order valence-corrected chi connectivity index (χ4v) is 2.93. The quantitative estimate of drug-likeness (QED) is 0.780. The summed E-state index contributed by atoms with van der Waals surface area (Å²) in [5.41, 5.74) is 0.163. The second-order valence-electron chi connectivity index (χ2n) is 7.44. The van der Waals surface area contributed by atoms with Crippen LogP contribution in [-0.2, 0) is 10.3 Å². The Morgan fingerprint density at radius 3 is 2.48 bits per heavy atom. The van der Waals surface area contributed by atoms with Crippen molar-refractivity contribution in [1.82, 2.24) is 10.6 Å². The van der Waals surface area contributed by atoms with Gasteiger partial charge in [-0.25, -0.2) is 4.79 Å². The molecule has 1 aliphatic rings. The number of rotatable bonds is 5. The topological polar surface area (TPSA) is 70.6 Å². The number of ether oxygens (including phenoxy) is 1. The van der Waals surface area contributed by atoms with E-state index >= 15 is 0 Å². The van der Waals surface area contributed by atoms with E-state index in [2.05, 4.69) is 10.6 Å². The summed E-state index contributed by atoms with van der Waals surface area (Å²) in [5.74, 6) is 0. The summed E-state index contributed by atoms with van der Waals surface area (Å²) >= 11 is 0. The van der Waals surface area contributed by atoms with Gasteiger partial charge in [-0.15, -0.1) is 0 Å². The fraction of sp³-hybridized carbons (Fsp3) is 0.611. The first-order chi connectivity index (χ1) is 10.7. The maximum Gasteiger partial charge on any atom is 0.408 e. The third-order valence-electron chi connectivity index (χ3n) is 3.96. The number of amides is 1. The normalized spacial score (nSPS) is 25.3. The van der Waals surface area contributed by atoms with E-state index in [0.29, 0.717) is 6.54 Å². The van der Waals surface area contributed by atoms with Gasteiger partial charge in [0.15, 0.2) is 0 Å². The maximum absolute atomic E-state index is 12.2. The van der Waals surface area contributed by atoms with E-state index in [1.54, 1.807) is 6.92 Å². The van der Waals surface area contributed by atoms with Crippen molar-refractivity contribution in [2.24, 2.45) is 0 Å². The van der Waals surface area contributed by atoms with Crippen LogP contribution in [-0.4, -0.2) is 35.5 Å². The van der Waals surface area contributed by atoms with E-state index in [1.165, 1.54) is 0 Å². The molecule has 1 amide bonds. The molecule has 0 radical (unpaired) electrons. The second-order valence-corrected chi connectivity index (χ2v) is 7.44. The number of benzene rings is 1. The second kappa shape index (κ2) is 6.89. The van der Waals surface area contributed by atoms with E-state index in [-0.39, 0.29) is 12.1 Å². The number of carbonyl (C=O) groups is 1. The number of aliphatic hydroxyl groups excluding tert-OH is 1. The average Bonchev–Trinajstić information content (AvgIpc) is 2.39. The molecule has 0 spiro atoms. The fourth-order valence-electron chi connectivity index (χ4n) is 2.93. The minimum absolute atomic E-state index is 0.278. The Morgan fingerprint density at radius 2 is 1.96 bits per heavy atom. The zero-order valence-corrected chi connectivity index (χ0v) is 14.4. The van der Waals surface area contributed by atoms with Gasteiger partial charge in [-0.3, -0.25) is 0 Å². The summed E-state index contributed by atoms with van der Waals surface area (Å²) in [6, 6.07) is 10.3. The Balaban J connectivity index is 2.05. The van der Waals surface area contributed by atoms with Crippen LogP contribution in [0.2, 0.25) is 0 Å². The summed E-state index contributed by atoms with van der Waals surface area (Å²) in [7, 11) is 0. The Kier molecular flexibility index (Phi) is 5.32. The van der Waals surface area contributed by atoms with Crippen molar-refractivity contribution in [1.29, 1.82) is 0 Å². The van der Waals surface area contributed by atoms with Gasteiger partial charge in [0.25, 0.3) is 0 Å². The number of hydrogen-bond acceptors (Lipinski definition) is 4. The van der Waals surface area contributed by atoms with Crippen LogP contribution in [0.15, 0.2) is 30.3 Å². The third kappa shape index (κ3) is 4.94.